The Morgan fingerprint density at radius 3 is 1.76 bits per heavy atom. The molecule has 58 heavy (non-hydrogen) atoms. The largest absolute Gasteiger partial charge is 0.454 e. The second-order valence-electron chi connectivity index (χ2n) is 15.3. The van der Waals surface area contributed by atoms with Gasteiger partial charge in [0, 0.05) is 53.1 Å². The fraction of sp³-hybridized carbons (Fsp3) is 0. The molecule has 0 amide bonds. The number of anilines is 3. The van der Waals surface area contributed by atoms with Gasteiger partial charge in [0.1, 0.15) is 5.58 Å². The Kier molecular flexibility index (Phi) is 6.60. The van der Waals surface area contributed by atoms with Gasteiger partial charge in [-0.05, 0) is 117 Å². The SMILES string of the molecule is c1ccc(-n2c3ccc(N(c4cccc5c4oc4cc6ccccc6cc45)c4cccc5sc6cc7ccccc7cc6c45)cc3c3cc4ccccc4cc32)cc1. The van der Waals surface area contributed by atoms with Gasteiger partial charge in [-0.3, -0.25) is 0 Å². The summed E-state index contributed by atoms with van der Waals surface area (Å²) in [4.78, 5) is 2.44. The third kappa shape index (κ3) is 4.61. The summed E-state index contributed by atoms with van der Waals surface area (Å²) < 4.78 is 11.9. The fourth-order valence-electron chi connectivity index (χ4n) is 9.42. The summed E-state index contributed by atoms with van der Waals surface area (Å²) in [6.07, 6.45) is 0. The van der Waals surface area contributed by atoms with Crippen LogP contribution in [0.4, 0.5) is 17.1 Å². The first-order valence-electron chi connectivity index (χ1n) is 19.7. The summed E-state index contributed by atoms with van der Waals surface area (Å²) in [5, 5.41) is 14.5. The Balaban J connectivity index is 1.14. The molecule has 10 aromatic carbocycles. The highest BCUT2D eigenvalue weighted by Crippen LogP contribution is 2.49. The van der Waals surface area contributed by atoms with Gasteiger partial charge in [-0.2, -0.15) is 0 Å². The van der Waals surface area contributed by atoms with Gasteiger partial charge >= 0.3 is 0 Å². The van der Waals surface area contributed by atoms with Crippen LogP contribution in [0.2, 0.25) is 0 Å². The van der Waals surface area contributed by atoms with E-state index in [9.17, 15) is 0 Å². The molecule has 3 heterocycles. The molecule has 3 nitrogen and oxygen atoms in total. The molecule has 0 aliphatic heterocycles. The van der Waals surface area contributed by atoms with Gasteiger partial charge in [0.2, 0.25) is 0 Å². The quantitative estimate of drug-likeness (QED) is 0.178. The van der Waals surface area contributed by atoms with Crippen molar-refractivity contribution in [3.05, 3.63) is 194 Å². The maximum absolute atomic E-state index is 6.98. The molecule has 3 aromatic heterocycles. The van der Waals surface area contributed by atoms with Crippen LogP contribution in [0.3, 0.4) is 0 Å². The second-order valence-corrected chi connectivity index (χ2v) is 16.4. The molecule has 0 bridgehead atoms. The number of nitrogens with zero attached hydrogens (tertiary/aromatic N) is 2. The first kappa shape index (κ1) is 31.8. The van der Waals surface area contributed by atoms with Gasteiger partial charge in [-0.15, -0.1) is 11.3 Å². The number of para-hydroxylation sites is 2. The van der Waals surface area contributed by atoms with Crippen molar-refractivity contribution in [3.63, 3.8) is 0 Å². The lowest BCUT2D eigenvalue weighted by molar-refractivity contribution is 0.669. The molecule has 0 spiro atoms. The maximum atomic E-state index is 6.98. The van der Waals surface area contributed by atoms with Crippen LogP contribution in [-0.4, -0.2) is 4.57 Å². The highest BCUT2D eigenvalue weighted by atomic mass is 32.1. The van der Waals surface area contributed by atoms with Crippen molar-refractivity contribution in [1.29, 1.82) is 0 Å². The lowest BCUT2D eigenvalue weighted by atomic mass is 10.0. The minimum atomic E-state index is 0.868. The zero-order chi connectivity index (χ0) is 37.9. The molecule has 0 saturated heterocycles. The van der Waals surface area contributed by atoms with Gasteiger partial charge < -0.3 is 13.9 Å². The average molecular weight is 757 g/mol. The van der Waals surface area contributed by atoms with Gasteiger partial charge in [0.25, 0.3) is 0 Å². The highest BCUT2D eigenvalue weighted by Gasteiger charge is 2.24. The van der Waals surface area contributed by atoms with Crippen molar-refractivity contribution in [2.24, 2.45) is 0 Å². The van der Waals surface area contributed by atoms with Crippen LogP contribution >= 0.6 is 11.3 Å². The van der Waals surface area contributed by atoms with Crippen LogP contribution in [0.5, 0.6) is 0 Å². The summed E-state index contributed by atoms with van der Waals surface area (Å²) in [6.45, 7) is 0. The molecule has 0 saturated carbocycles. The zero-order valence-corrected chi connectivity index (χ0v) is 32.0. The van der Waals surface area contributed by atoms with Gasteiger partial charge in [-0.25, -0.2) is 0 Å². The number of benzene rings is 10. The van der Waals surface area contributed by atoms with Crippen molar-refractivity contribution in [2.45, 2.75) is 0 Å². The third-order valence-electron chi connectivity index (χ3n) is 12.1. The van der Waals surface area contributed by atoms with E-state index in [2.05, 4.69) is 204 Å². The second kappa shape index (κ2) is 12.1. The van der Waals surface area contributed by atoms with Crippen LogP contribution in [0.1, 0.15) is 0 Å². The number of furan rings is 1. The number of fused-ring (bicyclic) bond motifs is 12. The Morgan fingerprint density at radius 1 is 0.397 bits per heavy atom. The summed E-state index contributed by atoms with van der Waals surface area (Å²) in [6, 6.07) is 70.9. The standard InChI is InChI=1S/C54H32N2OS/c1-2-18-39(19-3-1)55-46-25-24-40(32-43(46)42-26-33-12-4-7-15-36(33)29-49(42)55)56(47-21-11-23-51-53(47)45-28-35-14-6-9-17-38(35)31-52(45)58-51)48-22-10-20-41-44-27-34-13-5-8-16-37(34)30-50(44)57-54(41)48/h1-32H. The zero-order valence-electron chi connectivity index (χ0n) is 31.2. The van der Waals surface area contributed by atoms with E-state index in [-0.39, 0.29) is 0 Å². The van der Waals surface area contributed by atoms with Crippen molar-refractivity contribution >= 4 is 125 Å². The van der Waals surface area contributed by atoms with E-state index in [1.807, 2.05) is 11.3 Å². The highest BCUT2D eigenvalue weighted by molar-refractivity contribution is 7.26. The van der Waals surface area contributed by atoms with Crippen molar-refractivity contribution in [2.75, 3.05) is 4.90 Å². The van der Waals surface area contributed by atoms with Crippen LogP contribution in [-0.2, 0) is 0 Å². The molecule has 0 aliphatic carbocycles. The number of rotatable bonds is 4. The average Bonchev–Trinajstić information content (AvgIpc) is 3.93. The molecule has 0 unspecified atom stereocenters. The number of hydrogen-bond donors (Lipinski definition) is 0. The predicted molar refractivity (Wildman–Crippen MR) is 248 cm³/mol. The summed E-state index contributed by atoms with van der Waals surface area (Å²) >= 11 is 1.86. The van der Waals surface area contributed by atoms with E-state index in [1.54, 1.807) is 0 Å². The smallest absolute Gasteiger partial charge is 0.159 e. The molecule has 0 radical (unpaired) electrons. The van der Waals surface area contributed by atoms with Gasteiger partial charge in [0.15, 0.2) is 5.58 Å². The minimum absolute atomic E-state index is 0.868. The minimum Gasteiger partial charge on any atom is -0.454 e. The molecule has 0 fully saturated rings. The van der Waals surface area contributed by atoms with Crippen LogP contribution in [0.25, 0.3) is 102 Å². The van der Waals surface area contributed by atoms with Crippen LogP contribution < -0.4 is 4.90 Å². The summed E-state index contributed by atoms with van der Waals surface area (Å²) in [7, 11) is 0. The van der Waals surface area contributed by atoms with E-state index in [0.29, 0.717) is 0 Å². The van der Waals surface area contributed by atoms with Crippen molar-refractivity contribution in [1.82, 2.24) is 4.57 Å². The van der Waals surface area contributed by atoms with E-state index in [4.69, 9.17) is 4.42 Å². The fourth-order valence-corrected chi connectivity index (χ4v) is 10.6. The van der Waals surface area contributed by atoms with Crippen LogP contribution in [0, 0.1) is 0 Å². The van der Waals surface area contributed by atoms with E-state index in [0.717, 1.165) is 44.7 Å². The summed E-state index contributed by atoms with van der Waals surface area (Å²) in [5.74, 6) is 0. The van der Waals surface area contributed by atoms with E-state index >= 15 is 0 Å². The molecule has 270 valence electrons. The predicted octanol–water partition coefficient (Wildman–Crippen LogP) is 16.0. The van der Waals surface area contributed by atoms with Crippen LogP contribution in [0.15, 0.2) is 199 Å². The number of aromatic nitrogens is 1. The topological polar surface area (TPSA) is 21.3 Å². The molecule has 0 atom stereocenters. The molecule has 13 rings (SSSR count). The van der Waals surface area contributed by atoms with Crippen molar-refractivity contribution in [3.8, 4) is 5.69 Å². The Morgan fingerprint density at radius 2 is 1.00 bits per heavy atom. The normalized spacial score (nSPS) is 12.1. The lowest BCUT2D eigenvalue weighted by Gasteiger charge is -2.27. The number of thiophene rings is 1. The summed E-state index contributed by atoms with van der Waals surface area (Å²) in [5.41, 5.74) is 8.44. The number of hydrogen-bond acceptors (Lipinski definition) is 3. The lowest BCUT2D eigenvalue weighted by Crippen LogP contribution is -2.10. The molecular weight excluding hydrogens is 725 g/mol. The Hall–Kier alpha value is -7.40. The first-order chi connectivity index (χ1) is 28.7. The Bertz CT molecular complexity index is 3810. The van der Waals surface area contributed by atoms with Gasteiger partial charge in [0.05, 0.1) is 22.4 Å². The molecule has 4 heteroatoms. The molecule has 0 N–H and O–H groups in total. The Labute approximate surface area is 336 Å². The first-order valence-corrected chi connectivity index (χ1v) is 20.6. The van der Waals surface area contributed by atoms with E-state index < -0.39 is 0 Å². The molecular formula is C54H32N2OS. The van der Waals surface area contributed by atoms with E-state index in [1.165, 1.54) is 74.3 Å². The van der Waals surface area contributed by atoms with Gasteiger partial charge in [-0.1, -0.05) is 109 Å². The molecule has 0 aliphatic rings. The monoisotopic (exact) mass is 756 g/mol. The maximum Gasteiger partial charge on any atom is 0.159 e. The molecule has 13 aromatic rings. The third-order valence-corrected chi connectivity index (χ3v) is 13.2. The van der Waals surface area contributed by atoms with Crippen molar-refractivity contribution < 1.29 is 4.42 Å².